The number of phenolic OH excluding ortho intramolecular Hbond substituents is 1. The number of hydrogen-bond donors (Lipinski definition) is 2. The predicted octanol–water partition coefficient (Wildman–Crippen LogP) is 3.58. The van der Waals surface area contributed by atoms with Gasteiger partial charge in [0.1, 0.15) is 5.75 Å². The summed E-state index contributed by atoms with van der Waals surface area (Å²) in [6.07, 6.45) is -4.09. The van der Waals surface area contributed by atoms with E-state index in [0.29, 0.717) is 36.9 Å². The molecule has 1 amide bonds. The van der Waals surface area contributed by atoms with E-state index in [2.05, 4.69) is 15.4 Å². The summed E-state index contributed by atoms with van der Waals surface area (Å²) < 4.78 is 40.7. The van der Waals surface area contributed by atoms with Gasteiger partial charge in [0.2, 0.25) is 5.91 Å². The number of amides is 1. The highest BCUT2D eigenvalue weighted by molar-refractivity contribution is 5.83. The molecule has 2 N–H and O–H groups in total. The second-order valence-electron chi connectivity index (χ2n) is 7.39. The minimum atomic E-state index is -4.54. The number of benzene rings is 1. The lowest BCUT2D eigenvalue weighted by molar-refractivity contribution is -0.137. The molecule has 0 aliphatic carbocycles. The topological polar surface area (TPSA) is 80.0 Å². The van der Waals surface area contributed by atoms with E-state index in [9.17, 15) is 23.1 Å². The van der Waals surface area contributed by atoms with Crippen molar-refractivity contribution in [2.45, 2.75) is 33.0 Å². The summed E-state index contributed by atoms with van der Waals surface area (Å²) in [5.74, 6) is -0.301. The summed E-state index contributed by atoms with van der Waals surface area (Å²) in [4.78, 5) is 15.9. The van der Waals surface area contributed by atoms with Crippen LogP contribution in [0.1, 0.15) is 23.2 Å². The Morgan fingerprint density at radius 1 is 1.28 bits per heavy atom. The number of pyridine rings is 1. The molecule has 1 saturated heterocycles. The first kappa shape index (κ1) is 19.2. The maximum Gasteiger partial charge on any atom is 0.416 e. The normalized spacial score (nSPS) is 17.1. The quantitative estimate of drug-likeness (QED) is 0.699. The van der Waals surface area contributed by atoms with E-state index in [0.717, 1.165) is 17.1 Å². The molecule has 1 atom stereocenters. The van der Waals surface area contributed by atoms with E-state index in [4.69, 9.17) is 0 Å². The lowest BCUT2D eigenvalue weighted by atomic mass is 10.00. The second-order valence-corrected chi connectivity index (χ2v) is 7.39. The summed E-state index contributed by atoms with van der Waals surface area (Å²) in [6.45, 7) is 4.58. The van der Waals surface area contributed by atoms with Crippen LogP contribution >= 0.6 is 0 Å². The highest BCUT2D eigenvalue weighted by Crippen LogP contribution is 2.38. The standard InChI is InChI=1S/C20H19F3N4O2/c1-10-5-13(20(21,22)23)7-16(28)18(10)15-4-3-14-11(2)27(26-19(14)25-15)9-12-6-17(29)24-8-12/h3-5,7,12,28H,6,8-9H2,1-2H3,(H,24,29)/t12-/m0/s1. The number of phenols is 1. The van der Waals surface area contributed by atoms with Gasteiger partial charge >= 0.3 is 6.18 Å². The van der Waals surface area contributed by atoms with Gasteiger partial charge in [-0.05, 0) is 43.7 Å². The summed E-state index contributed by atoms with van der Waals surface area (Å²) in [7, 11) is 0. The SMILES string of the molecule is Cc1cc(C(F)(F)F)cc(O)c1-c1ccc2c(C)n(C[C@@H]3CNC(=O)C3)nc2n1. The molecule has 0 bridgehead atoms. The van der Waals surface area contributed by atoms with Crippen molar-refractivity contribution in [3.05, 3.63) is 41.1 Å². The Hall–Kier alpha value is -3.10. The number of fused-ring (bicyclic) bond motifs is 1. The van der Waals surface area contributed by atoms with Gasteiger partial charge in [0.15, 0.2) is 5.65 Å². The number of alkyl halides is 3. The minimum Gasteiger partial charge on any atom is -0.507 e. The van der Waals surface area contributed by atoms with Crippen molar-refractivity contribution in [1.29, 1.82) is 0 Å². The van der Waals surface area contributed by atoms with E-state index >= 15 is 0 Å². The Bertz CT molecular complexity index is 1100. The van der Waals surface area contributed by atoms with Gasteiger partial charge in [-0.3, -0.25) is 9.48 Å². The molecule has 29 heavy (non-hydrogen) atoms. The van der Waals surface area contributed by atoms with E-state index in [1.54, 1.807) is 16.8 Å². The van der Waals surface area contributed by atoms with Gasteiger partial charge in [-0.15, -0.1) is 0 Å². The van der Waals surface area contributed by atoms with Crippen molar-refractivity contribution >= 4 is 16.9 Å². The fraction of sp³-hybridized carbons (Fsp3) is 0.350. The van der Waals surface area contributed by atoms with E-state index in [-0.39, 0.29) is 23.0 Å². The first-order chi connectivity index (χ1) is 13.6. The number of carbonyl (C=O) groups excluding carboxylic acids is 1. The summed E-state index contributed by atoms with van der Waals surface area (Å²) >= 11 is 0. The molecule has 0 radical (unpaired) electrons. The van der Waals surface area contributed by atoms with Crippen LogP contribution in [0, 0.1) is 19.8 Å². The molecule has 3 heterocycles. The molecule has 0 saturated carbocycles. The fourth-order valence-electron chi connectivity index (χ4n) is 3.76. The van der Waals surface area contributed by atoms with Crippen LogP contribution in [0.5, 0.6) is 5.75 Å². The van der Waals surface area contributed by atoms with Gasteiger partial charge < -0.3 is 10.4 Å². The molecule has 1 fully saturated rings. The average Bonchev–Trinajstić information content (AvgIpc) is 3.17. The maximum absolute atomic E-state index is 13.0. The lowest BCUT2D eigenvalue weighted by Crippen LogP contribution is -2.17. The minimum absolute atomic E-state index is 0.0260. The summed E-state index contributed by atoms with van der Waals surface area (Å²) in [5, 5.41) is 18.4. The number of rotatable bonds is 3. The molecule has 2 aromatic heterocycles. The van der Waals surface area contributed by atoms with Crippen molar-refractivity contribution in [2.75, 3.05) is 6.54 Å². The van der Waals surface area contributed by atoms with E-state index < -0.39 is 17.5 Å². The van der Waals surface area contributed by atoms with Crippen molar-refractivity contribution in [2.24, 2.45) is 5.92 Å². The Morgan fingerprint density at radius 2 is 2.03 bits per heavy atom. The Balaban J connectivity index is 1.72. The average molecular weight is 404 g/mol. The Morgan fingerprint density at radius 3 is 2.66 bits per heavy atom. The smallest absolute Gasteiger partial charge is 0.416 e. The molecule has 6 nitrogen and oxygen atoms in total. The predicted molar refractivity (Wildman–Crippen MR) is 100 cm³/mol. The highest BCUT2D eigenvalue weighted by Gasteiger charge is 2.32. The number of aromatic nitrogens is 3. The van der Waals surface area contributed by atoms with Crippen molar-refractivity contribution in [1.82, 2.24) is 20.1 Å². The molecule has 1 aromatic carbocycles. The third-order valence-corrected chi connectivity index (χ3v) is 5.26. The molecule has 9 heteroatoms. The first-order valence-corrected chi connectivity index (χ1v) is 9.15. The number of aryl methyl sites for hydroxylation is 2. The molecule has 0 unspecified atom stereocenters. The number of hydrogen-bond acceptors (Lipinski definition) is 4. The van der Waals surface area contributed by atoms with Crippen molar-refractivity contribution in [3.63, 3.8) is 0 Å². The first-order valence-electron chi connectivity index (χ1n) is 9.15. The fourth-order valence-corrected chi connectivity index (χ4v) is 3.76. The summed E-state index contributed by atoms with van der Waals surface area (Å²) in [6, 6.07) is 5.17. The third kappa shape index (κ3) is 3.52. The van der Waals surface area contributed by atoms with Crippen LogP contribution in [0.4, 0.5) is 13.2 Å². The van der Waals surface area contributed by atoms with E-state index in [1.807, 2.05) is 6.92 Å². The van der Waals surface area contributed by atoms with Gasteiger partial charge in [-0.2, -0.15) is 18.3 Å². The van der Waals surface area contributed by atoms with Crippen LogP contribution in [-0.4, -0.2) is 32.3 Å². The van der Waals surface area contributed by atoms with Crippen LogP contribution in [0.3, 0.4) is 0 Å². The largest absolute Gasteiger partial charge is 0.507 e. The monoisotopic (exact) mass is 404 g/mol. The van der Waals surface area contributed by atoms with Gasteiger partial charge in [-0.25, -0.2) is 4.98 Å². The third-order valence-electron chi connectivity index (χ3n) is 5.26. The zero-order valence-electron chi connectivity index (χ0n) is 15.8. The van der Waals surface area contributed by atoms with Gasteiger partial charge in [0.25, 0.3) is 0 Å². The van der Waals surface area contributed by atoms with Crippen LogP contribution < -0.4 is 5.32 Å². The second kappa shape index (κ2) is 6.75. The van der Waals surface area contributed by atoms with Crippen LogP contribution in [0.25, 0.3) is 22.3 Å². The maximum atomic E-state index is 13.0. The van der Waals surface area contributed by atoms with Crippen LogP contribution in [-0.2, 0) is 17.5 Å². The number of carbonyl (C=O) groups is 1. The number of halogens is 3. The summed E-state index contributed by atoms with van der Waals surface area (Å²) in [5.41, 5.74) is 1.30. The van der Waals surface area contributed by atoms with Gasteiger partial charge in [0.05, 0.1) is 11.3 Å². The van der Waals surface area contributed by atoms with Gasteiger partial charge in [0, 0.05) is 42.1 Å². The Kier molecular flexibility index (Phi) is 4.48. The molecular weight excluding hydrogens is 385 g/mol. The molecule has 0 spiro atoms. The molecule has 1 aliphatic heterocycles. The van der Waals surface area contributed by atoms with Crippen LogP contribution in [0.15, 0.2) is 24.3 Å². The number of aromatic hydroxyl groups is 1. The number of nitrogens with one attached hydrogen (secondary N) is 1. The molecule has 4 rings (SSSR count). The molecular formula is C20H19F3N4O2. The zero-order chi connectivity index (χ0) is 20.9. The van der Waals surface area contributed by atoms with Crippen LogP contribution in [0.2, 0.25) is 0 Å². The lowest BCUT2D eigenvalue weighted by Gasteiger charge is -2.13. The van der Waals surface area contributed by atoms with Crippen molar-refractivity contribution < 1.29 is 23.1 Å². The zero-order valence-corrected chi connectivity index (χ0v) is 15.8. The van der Waals surface area contributed by atoms with Gasteiger partial charge in [-0.1, -0.05) is 0 Å². The molecule has 152 valence electrons. The number of nitrogens with zero attached hydrogens (tertiary/aromatic N) is 3. The molecule has 3 aromatic rings. The van der Waals surface area contributed by atoms with Crippen molar-refractivity contribution in [3.8, 4) is 17.0 Å². The Labute approximate surface area is 164 Å². The highest BCUT2D eigenvalue weighted by atomic mass is 19.4. The van der Waals surface area contributed by atoms with E-state index in [1.165, 1.54) is 6.92 Å². The molecule has 1 aliphatic rings.